The van der Waals surface area contributed by atoms with Crippen LogP contribution in [0.5, 0.6) is 5.75 Å². The maximum absolute atomic E-state index is 12.0. The molecular formula is C17H19N3O3. The number of benzene rings is 1. The molecule has 0 fully saturated rings. The molecule has 6 heteroatoms. The lowest BCUT2D eigenvalue weighted by atomic mass is 10.1. The number of carbonyl (C=O) groups is 2. The first-order valence-electron chi connectivity index (χ1n) is 7.71. The van der Waals surface area contributed by atoms with Crippen LogP contribution in [0.25, 0.3) is 0 Å². The quantitative estimate of drug-likeness (QED) is 0.861. The topological polar surface area (TPSA) is 73.2 Å². The van der Waals surface area contributed by atoms with Crippen molar-refractivity contribution in [2.75, 3.05) is 11.9 Å². The third-order valence-corrected chi connectivity index (χ3v) is 3.87. The summed E-state index contributed by atoms with van der Waals surface area (Å²) in [5, 5.41) is 2.83. The van der Waals surface area contributed by atoms with Crippen molar-refractivity contribution >= 4 is 17.5 Å². The smallest absolute Gasteiger partial charge is 0.263 e. The van der Waals surface area contributed by atoms with Crippen LogP contribution in [0.4, 0.5) is 5.82 Å². The predicted molar refractivity (Wildman–Crippen MR) is 85.7 cm³/mol. The molecule has 1 aromatic carbocycles. The van der Waals surface area contributed by atoms with Gasteiger partial charge in [0.2, 0.25) is 0 Å². The fourth-order valence-corrected chi connectivity index (χ4v) is 2.63. The molecule has 6 nitrogen and oxygen atoms in total. The number of carbonyl (C=O) groups excluding carboxylic acids is 2. The van der Waals surface area contributed by atoms with Crippen molar-refractivity contribution in [3.8, 4) is 5.75 Å². The first kappa shape index (κ1) is 15.3. The van der Waals surface area contributed by atoms with Crippen LogP contribution in [0.1, 0.15) is 35.9 Å². The van der Waals surface area contributed by atoms with E-state index >= 15 is 0 Å². The van der Waals surface area contributed by atoms with Gasteiger partial charge in [-0.2, -0.15) is 0 Å². The highest BCUT2D eigenvalue weighted by Crippen LogP contribution is 2.19. The number of anilines is 1. The number of hydrogen-bond donors (Lipinski definition) is 1. The van der Waals surface area contributed by atoms with E-state index in [9.17, 15) is 9.59 Å². The Hall–Kier alpha value is -2.63. The van der Waals surface area contributed by atoms with E-state index in [1.807, 2.05) is 4.57 Å². The summed E-state index contributed by atoms with van der Waals surface area (Å²) in [7, 11) is 0. The number of nitrogens with zero attached hydrogens (tertiary/aromatic N) is 2. The van der Waals surface area contributed by atoms with Gasteiger partial charge in [0, 0.05) is 18.5 Å². The Morgan fingerprint density at radius 2 is 2.04 bits per heavy atom. The van der Waals surface area contributed by atoms with Crippen LogP contribution in [0.15, 0.2) is 30.5 Å². The van der Waals surface area contributed by atoms with E-state index in [0.717, 1.165) is 37.4 Å². The molecule has 0 aliphatic carbocycles. The molecule has 0 spiro atoms. The van der Waals surface area contributed by atoms with Gasteiger partial charge < -0.3 is 14.6 Å². The van der Waals surface area contributed by atoms with Gasteiger partial charge in [-0.25, -0.2) is 4.98 Å². The minimum Gasteiger partial charge on any atom is -0.484 e. The molecule has 0 unspecified atom stereocenters. The minimum atomic E-state index is -0.228. The third-order valence-electron chi connectivity index (χ3n) is 3.87. The van der Waals surface area contributed by atoms with Crippen LogP contribution in [0, 0.1) is 0 Å². The normalized spacial score (nSPS) is 13.3. The van der Waals surface area contributed by atoms with E-state index in [0.29, 0.717) is 11.3 Å². The lowest BCUT2D eigenvalue weighted by Gasteiger charge is -2.16. The van der Waals surface area contributed by atoms with Crippen LogP contribution in [0.2, 0.25) is 0 Å². The summed E-state index contributed by atoms with van der Waals surface area (Å²) >= 11 is 0. The first-order chi connectivity index (χ1) is 11.1. The van der Waals surface area contributed by atoms with Gasteiger partial charge >= 0.3 is 0 Å². The summed E-state index contributed by atoms with van der Waals surface area (Å²) in [6.07, 6.45) is 4.89. The summed E-state index contributed by atoms with van der Waals surface area (Å²) in [4.78, 5) is 27.5. The summed E-state index contributed by atoms with van der Waals surface area (Å²) in [6, 6.07) is 6.74. The SMILES string of the molecule is CC(=O)c1ccc(OCC(=O)Nc2cnc3n2CCCC3)cc1. The number of Topliss-reactive ketones (excluding diaryl/α,β-unsaturated/α-hetero) is 1. The van der Waals surface area contributed by atoms with Crippen molar-refractivity contribution in [3.05, 3.63) is 41.9 Å². The van der Waals surface area contributed by atoms with E-state index in [1.165, 1.54) is 6.92 Å². The van der Waals surface area contributed by atoms with Gasteiger partial charge in [-0.1, -0.05) is 0 Å². The number of hydrogen-bond acceptors (Lipinski definition) is 4. The molecule has 1 aliphatic heterocycles. The predicted octanol–water partition coefficient (Wildman–Crippen LogP) is 2.44. The maximum Gasteiger partial charge on any atom is 0.263 e. The molecule has 0 saturated heterocycles. The molecule has 3 rings (SSSR count). The van der Waals surface area contributed by atoms with Gasteiger partial charge in [-0.15, -0.1) is 0 Å². The van der Waals surface area contributed by atoms with Crippen molar-refractivity contribution in [1.82, 2.24) is 9.55 Å². The van der Waals surface area contributed by atoms with Crippen LogP contribution in [0.3, 0.4) is 0 Å². The molecule has 2 heterocycles. The first-order valence-corrected chi connectivity index (χ1v) is 7.71. The molecule has 1 aromatic heterocycles. The zero-order chi connectivity index (χ0) is 16.2. The standard InChI is InChI=1S/C17H19N3O3/c1-12(21)13-5-7-14(8-6-13)23-11-17(22)19-16-10-18-15-4-2-3-9-20(15)16/h5-8,10H,2-4,9,11H2,1H3,(H,19,22). The molecular weight excluding hydrogens is 294 g/mol. The average molecular weight is 313 g/mol. The second-order valence-electron chi connectivity index (χ2n) is 5.59. The maximum atomic E-state index is 12.0. The number of nitrogens with one attached hydrogen (secondary N) is 1. The van der Waals surface area contributed by atoms with E-state index in [2.05, 4.69) is 10.3 Å². The number of ketones is 1. The van der Waals surface area contributed by atoms with E-state index in [4.69, 9.17) is 4.74 Å². The highest BCUT2D eigenvalue weighted by molar-refractivity contribution is 5.94. The zero-order valence-corrected chi connectivity index (χ0v) is 13.0. The molecule has 1 N–H and O–H groups in total. The largest absolute Gasteiger partial charge is 0.484 e. The molecule has 2 aromatic rings. The Labute approximate surface area is 134 Å². The molecule has 0 radical (unpaired) electrons. The van der Waals surface area contributed by atoms with Gasteiger partial charge in [-0.05, 0) is 44.0 Å². The molecule has 0 atom stereocenters. The van der Waals surface area contributed by atoms with Crippen LogP contribution in [-0.4, -0.2) is 27.8 Å². The van der Waals surface area contributed by atoms with Crippen LogP contribution < -0.4 is 10.1 Å². The average Bonchev–Trinajstić information content (AvgIpc) is 2.96. The Morgan fingerprint density at radius 1 is 1.26 bits per heavy atom. The van der Waals surface area contributed by atoms with Crippen molar-refractivity contribution in [3.63, 3.8) is 0 Å². The fourth-order valence-electron chi connectivity index (χ4n) is 2.63. The molecule has 120 valence electrons. The van der Waals surface area contributed by atoms with Crippen molar-refractivity contribution in [1.29, 1.82) is 0 Å². The van der Waals surface area contributed by atoms with Crippen molar-refractivity contribution < 1.29 is 14.3 Å². The van der Waals surface area contributed by atoms with Gasteiger partial charge in [0.15, 0.2) is 12.4 Å². The highest BCUT2D eigenvalue weighted by Gasteiger charge is 2.15. The lowest BCUT2D eigenvalue weighted by Crippen LogP contribution is -2.23. The monoisotopic (exact) mass is 313 g/mol. The van der Waals surface area contributed by atoms with Crippen LogP contribution >= 0.6 is 0 Å². The Balaban J connectivity index is 1.55. The van der Waals surface area contributed by atoms with Gasteiger partial charge in [-0.3, -0.25) is 9.59 Å². The summed E-state index contributed by atoms with van der Waals surface area (Å²) in [6.45, 7) is 2.31. The number of fused-ring (bicyclic) bond motifs is 1. The van der Waals surface area contributed by atoms with E-state index in [1.54, 1.807) is 30.5 Å². The van der Waals surface area contributed by atoms with Crippen molar-refractivity contribution in [2.45, 2.75) is 32.7 Å². The molecule has 0 saturated carbocycles. The third kappa shape index (κ3) is 3.59. The molecule has 23 heavy (non-hydrogen) atoms. The Kier molecular flexibility index (Phi) is 4.41. The molecule has 0 bridgehead atoms. The van der Waals surface area contributed by atoms with Gasteiger partial charge in [0.25, 0.3) is 5.91 Å². The zero-order valence-electron chi connectivity index (χ0n) is 13.0. The molecule has 1 aliphatic rings. The van der Waals surface area contributed by atoms with Gasteiger partial charge in [0.1, 0.15) is 17.4 Å². The number of rotatable bonds is 5. The number of amides is 1. The molecule has 1 amide bonds. The number of ether oxygens (including phenoxy) is 1. The van der Waals surface area contributed by atoms with Crippen LogP contribution in [-0.2, 0) is 17.8 Å². The number of aryl methyl sites for hydroxylation is 1. The lowest BCUT2D eigenvalue weighted by molar-refractivity contribution is -0.118. The summed E-state index contributed by atoms with van der Waals surface area (Å²) in [5.74, 6) is 2.07. The number of aromatic nitrogens is 2. The second-order valence-corrected chi connectivity index (χ2v) is 5.59. The van der Waals surface area contributed by atoms with E-state index < -0.39 is 0 Å². The number of imidazole rings is 1. The highest BCUT2D eigenvalue weighted by atomic mass is 16.5. The van der Waals surface area contributed by atoms with Crippen molar-refractivity contribution in [2.24, 2.45) is 0 Å². The van der Waals surface area contributed by atoms with Gasteiger partial charge in [0.05, 0.1) is 6.20 Å². The van der Waals surface area contributed by atoms with E-state index in [-0.39, 0.29) is 18.3 Å². The Bertz CT molecular complexity index is 719. The second kappa shape index (κ2) is 6.64. The Morgan fingerprint density at radius 3 is 2.78 bits per heavy atom. The summed E-state index contributed by atoms with van der Waals surface area (Å²) < 4.78 is 7.49. The fraction of sp³-hybridized carbons (Fsp3) is 0.353. The minimum absolute atomic E-state index is 0.000186. The summed E-state index contributed by atoms with van der Waals surface area (Å²) in [5.41, 5.74) is 0.618.